The van der Waals surface area contributed by atoms with E-state index in [4.69, 9.17) is 5.11 Å². The van der Waals surface area contributed by atoms with Gasteiger partial charge in [-0.25, -0.2) is 4.79 Å². The van der Waals surface area contributed by atoms with Crippen LogP contribution in [0.25, 0.3) is 0 Å². The molecule has 0 spiro atoms. The Morgan fingerprint density at radius 1 is 1.47 bits per heavy atom. The van der Waals surface area contributed by atoms with E-state index in [9.17, 15) is 9.59 Å². The normalized spacial score (nSPS) is 11.3. The molecule has 4 nitrogen and oxygen atoms in total. The van der Waals surface area contributed by atoms with E-state index in [1.54, 1.807) is 23.9 Å². The first kappa shape index (κ1) is 18.6. The van der Waals surface area contributed by atoms with Crippen molar-refractivity contribution in [1.29, 1.82) is 0 Å². The van der Waals surface area contributed by atoms with Gasteiger partial charge in [0.15, 0.2) is 0 Å². The summed E-state index contributed by atoms with van der Waals surface area (Å²) in [6, 6.07) is 4.65. The van der Waals surface area contributed by atoms with Crippen LogP contribution in [0.4, 0.5) is 0 Å². The summed E-state index contributed by atoms with van der Waals surface area (Å²) in [7, 11) is 0. The third-order valence-electron chi connectivity index (χ3n) is 2.27. The molecule has 0 aliphatic heterocycles. The molecule has 1 atom stereocenters. The molecule has 2 N–H and O–H groups in total. The molecule has 7 heteroatoms. The van der Waals surface area contributed by atoms with Gasteiger partial charge in [-0.05, 0) is 41.2 Å². The fraction of sp³-hybridized carbons (Fsp3) is 0.333. The van der Waals surface area contributed by atoms with Crippen molar-refractivity contribution in [1.82, 2.24) is 5.32 Å². The number of amides is 1. The molecule has 1 aromatic carbocycles. The predicted molar refractivity (Wildman–Crippen MR) is 83.6 cm³/mol. The number of thioether (sulfide) groups is 1. The van der Waals surface area contributed by atoms with Gasteiger partial charge in [-0.1, -0.05) is 6.07 Å². The number of nitrogens with one attached hydrogen (secondary N) is 1. The molecule has 1 amide bonds. The van der Waals surface area contributed by atoms with Crippen molar-refractivity contribution < 1.29 is 14.7 Å². The average Bonchev–Trinajstić information content (AvgIpc) is 2.28. The second-order valence-electron chi connectivity index (χ2n) is 3.80. The molecule has 0 saturated heterocycles. The number of halogens is 1. The topological polar surface area (TPSA) is 66.4 Å². The van der Waals surface area contributed by atoms with Crippen LogP contribution in [-0.2, 0) is 0 Å². The standard InChI is InChI=1S/C12H14BrNO3S.Li.H/c1-7(6-18-2)14-11(15)10-8(12(16)17)4-3-5-9(10)13;;/h3-5,7H,6H2,1-2H3,(H,14,15)(H,16,17);;/t7-;;/m0../s1. The van der Waals surface area contributed by atoms with E-state index in [0.29, 0.717) is 4.47 Å². The summed E-state index contributed by atoms with van der Waals surface area (Å²) in [4.78, 5) is 23.1. The number of carbonyl (C=O) groups excluding carboxylic acids is 1. The Kier molecular flexibility index (Phi) is 8.51. The molecule has 0 fully saturated rings. The van der Waals surface area contributed by atoms with E-state index in [1.165, 1.54) is 6.07 Å². The Balaban J connectivity index is 0.00000324. The zero-order valence-corrected chi connectivity index (χ0v) is 12.5. The Morgan fingerprint density at radius 2 is 2.11 bits per heavy atom. The van der Waals surface area contributed by atoms with E-state index < -0.39 is 5.97 Å². The molecule has 1 aromatic rings. The maximum atomic E-state index is 12.1. The van der Waals surface area contributed by atoms with Crippen LogP contribution in [0.15, 0.2) is 22.7 Å². The molecular weight excluding hydrogens is 325 g/mol. The van der Waals surface area contributed by atoms with Gasteiger partial charge >= 0.3 is 24.8 Å². The SMILES string of the molecule is CSC[C@H](C)NC(=O)c1c(Br)cccc1C(=O)O.[LiH]. The number of carboxylic acids is 1. The van der Waals surface area contributed by atoms with Gasteiger partial charge in [0.25, 0.3) is 5.91 Å². The molecule has 0 aliphatic carbocycles. The molecule has 0 unspecified atom stereocenters. The zero-order valence-electron chi connectivity index (χ0n) is 10.1. The third kappa shape index (κ3) is 5.23. The van der Waals surface area contributed by atoms with Gasteiger partial charge in [0, 0.05) is 16.3 Å². The number of carboxylic acid groups (broad SMARTS) is 1. The summed E-state index contributed by atoms with van der Waals surface area (Å²) in [5, 5.41) is 11.9. The zero-order chi connectivity index (χ0) is 13.7. The second kappa shape index (κ2) is 8.70. The minimum absolute atomic E-state index is 0. The summed E-state index contributed by atoms with van der Waals surface area (Å²) in [6.45, 7) is 1.88. The molecule has 0 radical (unpaired) electrons. The summed E-state index contributed by atoms with van der Waals surface area (Å²) in [6.07, 6.45) is 1.95. The average molecular weight is 340 g/mol. The number of carbonyl (C=O) groups is 2. The van der Waals surface area contributed by atoms with Crippen molar-refractivity contribution in [3.63, 3.8) is 0 Å². The first-order valence-corrected chi connectivity index (χ1v) is 7.47. The van der Waals surface area contributed by atoms with Crippen LogP contribution in [-0.4, -0.2) is 53.9 Å². The third-order valence-corrected chi connectivity index (χ3v) is 3.76. The Morgan fingerprint density at radius 3 is 2.63 bits per heavy atom. The number of aromatic carboxylic acids is 1. The van der Waals surface area contributed by atoms with Crippen LogP contribution in [0.1, 0.15) is 27.6 Å². The van der Waals surface area contributed by atoms with Gasteiger partial charge in [-0.2, -0.15) is 11.8 Å². The number of hydrogen-bond acceptors (Lipinski definition) is 3. The van der Waals surface area contributed by atoms with E-state index in [-0.39, 0.29) is 41.9 Å². The van der Waals surface area contributed by atoms with Gasteiger partial charge in [-0.3, -0.25) is 4.79 Å². The van der Waals surface area contributed by atoms with Gasteiger partial charge in [0.2, 0.25) is 0 Å². The number of rotatable bonds is 5. The maximum absolute atomic E-state index is 12.1. The summed E-state index contributed by atoms with van der Waals surface area (Å²) < 4.78 is 0.483. The van der Waals surface area contributed by atoms with Crippen molar-refractivity contribution in [3.8, 4) is 0 Å². The van der Waals surface area contributed by atoms with Crippen LogP contribution < -0.4 is 5.32 Å². The quantitative estimate of drug-likeness (QED) is 0.805. The molecule has 0 aliphatic rings. The minimum atomic E-state index is -1.11. The fourth-order valence-corrected chi connectivity index (χ4v) is 2.65. The van der Waals surface area contributed by atoms with E-state index in [1.807, 2.05) is 13.2 Å². The molecule has 19 heavy (non-hydrogen) atoms. The van der Waals surface area contributed by atoms with Crippen molar-refractivity contribution in [3.05, 3.63) is 33.8 Å². The van der Waals surface area contributed by atoms with Gasteiger partial charge in [-0.15, -0.1) is 0 Å². The molecular formula is C12H15BrLiNO3S. The van der Waals surface area contributed by atoms with E-state index in [0.717, 1.165) is 5.75 Å². The predicted octanol–water partition coefficient (Wildman–Crippen LogP) is 1.98. The van der Waals surface area contributed by atoms with Crippen LogP contribution in [0.3, 0.4) is 0 Å². The first-order chi connectivity index (χ1) is 8.47. The van der Waals surface area contributed by atoms with Gasteiger partial charge < -0.3 is 10.4 Å². The monoisotopic (exact) mass is 339 g/mol. The first-order valence-electron chi connectivity index (χ1n) is 5.29. The molecule has 100 valence electrons. The Labute approximate surface area is 137 Å². The molecule has 0 bridgehead atoms. The number of hydrogen-bond donors (Lipinski definition) is 2. The van der Waals surface area contributed by atoms with Gasteiger partial charge in [0.05, 0.1) is 11.1 Å². The summed E-state index contributed by atoms with van der Waals surface area (Å²) in [5.74, 6) is -0.709. The van der Waals surface area contributed by atoms with Gasteiger partial charge in [0.1, 0.15) is 0 Å². The van der Waals surface area contributed by atoms with Crippen LogP contribution in [0, 0.1) is 0 Å². The van der Waals surface area contributed by atoms with Crippen molar-refractivity contribution in [2.24, 2.45) is 0 Å². The molecule has 0 saturated carbocycles. The summed E-state index contributed by atoms with van der Waals surface area (Å²) >= 11 is 4.83. The van der Waals surface area contributed by atoms with Crippen LogP contribution in [0.2, 0.25) is 0 Å². The number of benzene rings is 1. The van der Waals surface area contributed by atoms with Crippen LogP contribution in [0.5, 0.6) is 0 Å². The Bertz CT molecular complexity index is 470. The molecule has 1 rings (SSSR count). The summed E-state index contributed by atoms with van der Waals surface area (Å²) in [5.41, 5.74) is 0.163. The van der Waals surface area contributed by atoms with E-state index >= 15 is 0 Å². The van der Waals surface area contributed by atoms with Crippen LogP contribution >= 0.6 is 27.7 Å². The van der Waals surface area contributed by atoms with E-state index in [2.05, 4.69) is 21.2 Å². The molecule has 0 heterocycles. The van der Waals surface area contributed by atoms with Crippen molar-refractivity contribution >= 4 is 58.4 Å². The van der Waals surface area contributed by atoms with Crippen molar-refractivity contribution in [2.45, 2.75) is 13.0 Å². The fourth-order valence-electron chi connectivity index (χ4n) is 1.52. The Hall–Kier alpha value is -0.413. The second-order valence-corrected chi connectivity index (χ2v) is 5.56. The van der Waals surface area contributed by atoms with Crippen molar-refractivity contribution in [2.75, 3.05) is 12.0 Å². The molecule has 0 aromatic heterocycles.